The molecule has 0 bridgehead atoms. The van der Waals surface area contributed by atoms with Crippen molar-refractivity contribution in [2.75, 3.05) is 0 Å². The van der Waals surface area contributed by atoms with Crippen LogP contribution in [-0.2, 0) is 0 Å². The molecule has 0 aliphatic rings. The molecular formula is C12H15F. The SMILES string of the molecule is CC(C)(C)/C=C\c1ccc(F)cc1. The second-order valence-corrected chi connectivity index (χ2v) is 4.25. The summed E-state index contributed by atoms with van der Waals surface area (Å²) in [5, 5.41) is 0. The van der Waals surface area contributed by atoms with Crippen LogP contribution in [0.2, 0.25) is 0 Å². The van der Waals surface area contributed by atoms with Crippen molar-refractivity contribution in [2.24, 2.45) is 5.41 Å². The van der Waals surface area contributed by atoms with Gasteiger partial charge in [0.05, 0.1) is 0 Å². The van der Waals surface area contributed by atoms with Crippen LogP contribution in [0.1, 0.15) is 26.3 Å². The third kappa shape index (κ3) is 3.88. The predicted molar refractivity (Wildman–Crippen MR) is 54.9 cm³/mol. The largest absolute Gasteiger partial charge is 0.207 e. The van der Waals surface area contributed by atoms with Crippen molar-refractivity contribution in [3.8, 4) is 0 Å². The van der Waals surface area contributed by atoms with E-state index in [1.165, 1.54) is 12.1 Å². The first-order valence-electron chi connectivity index (χ1n) is 4.42. The molecule has 0 radical (unpaired) electrons. The van der Waals surface area contributed by atoms with Crippen LogP contribution >= 0.6 is 0 Å². The topological polar surface area (TPSA) is 0 Å². The summed E-state index contributed by atoms with van der Waals surface area (Å²) in [5.74, 6) is -0.187. The first-order chi connectivity index (χ1) is 5.97. The van der Waals surface area contributed by atoms with Gasteiger partial charge >= 0.3 is 0 Å². The Hall–Kier alpha value is -1.11. The molecule has 0 aliphatic heterocycles. The highest BCUT2D eigenvalue weighted by atomic mass is 19.1. The van der Waals surface area contributed by atoms with E-state index in [4.69, 9.17) is 0 Å². The predicted octanol–water partition coefficient (Wildman–Crippen LogP) is 3.89. The number of benzene rings is 1. The Morgan fingerprint density at radius 1 is 1.08 bits per heavy atom. The molecule has 0 saturated heterocycles. The van der Waals surface area contributed by atoms with E-state index in [0.717, 1.165) is 5.56 Å². The minimum Gasteiger partial charge on any atom is -0.207 e. The molecule has 1 heteroatoms. The van der Waals surface area contributed by atoms with Gasteiger partial charge in [-0.3, -0.25) is 0 Å². The molecule has 1 rings (SSSR count). The van der Waals surface area contributed by atoms with Gasteiger partial charge in [0.2, 0.25) is 0 Å². The van der Waals surface area contributed by atoms with Crippen molar-refractivity contribution >= 4 is 6.08 Å². The first-order valence-corrected chi connectivity index (χ1v) is 4.42. The Kier molecular flexibility index (Phi) is 2.86. The van der Waals surface area contributed by atoms with E-state index in [-0.39, 0.29) is 11.2 Å². The molecule has 0 saturated carbocycles. The van der Waals surface area contributed by atoms with E-state index in [0.29, 0.717) is 0 Å². The van der Waals surface area contributed by atoms with Crippen molar-refractivity contribution < 1.29 is 4.39 Å². The number of hydrogen-bond acceptors (Lipinski definition) is 0. The van der Waals surface area contributed by atoms with Gasteiger partial charge in [-0.2, -0.15) is 0 Å². The molecule has 1 aromatic carbocycles. The van der Waals surface area contributed by atoms with Crippen molar-refractivity contribution in [3.63, 3.8) is 0 Å². The Morgan fingerprint density at radius 2 is 1.62 bits per heavy atom. The summed E-state index contributed by atoms with van der Waals surface area (Å²) in [6, 6.07) is 6.50. The Morgan fingerprint density at radius 3 is 2.08 bits per heavy atom. The van der Waals surface area contributed by atoms with Crippen molar-refractivity contribution in [1.29, 1.82) is 0 Å². The van der Waals surface area contributed by atoms with Gasteiger partial charge in [0, 0.05) is 0 Å². The van der Waals surface area contributed by atoms with E-state index in [1.807, 2.05) is 6.08 Å². The van der Waals surface area contributed by atoms with Gasteiger partial charge in [-0.05, 0) is 23.1 Å². The monoisotopic (exact) mass is 178 g/mol. The maximum atomic E-state index is 12.5. The third-order valence-corrected chi connectivity index (χ3v) is 1.65. The average molecular weight is 178 g/mol. The van der Waals surface area contributed by atoms with Crippen molar-refractivity contribution in [1.82, 2.24) is 0 Å². The lowest BCUT2D eigenvalue weighted by Gasteiger charge is -2.10. The number of hydrogen-bond donors (Lipinski definition) is 0. The minimum absolute atomic E-state index is 0.175. The fraction of sp³-hybridized carbons (Fsp3) is 0.333. The molecular weight excluding hydrogens is 163 g/mol. The Bertz CT molecular complexity index is 288. The van der Waals surface area contributed by atoms with Gasteiger partial charge in [-0.1, -0.05) is 45.1 Å². The molecule has 0 amide bonds. The third-order valence-electron chi connectivity index (χ3n) is 1.65. The highest BCUT2D eigenvalue weighted by molar-refractivity contribution is 5.49. The molecule has 13 heavy (non-hydrogen) atoms. The second kappa shape index (κ2) is 3.73. The maximum Gasteiger partial charge on any atom is 0.123 e. The van der Waals surface area contributed by atoms with Gasteiger partial charge in [0.15, 0.2) is 0 Å². The van der Waals surface area contributed by atoms with Crippen LogP contribution in [0, 0.1) is 11.2 Å². The normalized spacial score (nSPS) is 12.3. The Labute approximate surface area is 79.1 Å². The first kappa shape index (κ1) is 9.97. The molecule has 0 unspecified atom stereocenters. The van der Waals surface area contributed by atoms with Gasteiger partial charge in [-0.15, -0.1) is 0 Å². The quantitative estimate of drug-likeness (QED) is 0.612. The molecule has 0 nitrogen and oxygen atoms in total. The number of halogens is 1. The van der Waals surface area contributed by atoms with Gasteiger partial charge in [0.25, 0.3) is 0 Å². The summed E-state index contributed by atoms with van der Waals surface area (Å²) in [6.45, 7) is 6.40. The van der Waals surface area contributed by atoms with E-state index in [1.54, 1.807) is 12.1 Å². The lowest BCUT2D eigenvalue weighted by Crippen LogP contribution is -1.97. The molecule has 1 aromatic rings. The highest BCUT2D eigenvalue weighted by Crippen LogP contribution is 2.17. The van der Waals surface area contributed by atoms with Gasteiger partial charge in [0.1, 0.15) is 5.82 Å². The minimum atomic E-state index is -0.187. The molecule has 0 aromatic heterocycles. The molecule has 0 heterocycles. The standard InChI is InChI=1S/C12H15F/c1-12(2,3)9-8-10-4-6-11(13)7-5-10/h4-9H,1-3H3/b9-8-. The van der Waals surface area contributed by atoms with Gasteiger partial charge in [-0.25, -0.2) is 4.39 Å². The van der Waals surface area contributed by atoms with Crippen molar-refractivity contribution in [3.05, 3.63) is 41.7 Å². The molecule has 70 valence electrons. The summed E-state index contributed by atoms with van der Waals surface area (Å²) in [6.07, 6.45) is 4.12. The number of allylic oxidation sites excluding steroid dienone is 1. The fourth-order valence-electron chi connectivity index (χ4n) is 0.920. The summed E-state index contributed by atoms with van der Waals surface area (Å²) < 4.78 is 12.5. The molecule has 0 fully saturated rings. The van der Waals surface area contributed by atoms with Crippen LogP contribution < -0.4 is 0 Å². The van der Waals surface area contributed by atoms with E-state index in [9.17, 15) is 4.39 Å². The van der Waals surface area contributed by atoms with Crippen LogP contribution in [0.4, 0.5) is 4.39 Å². The van der Waals surface area contributed by atoms with E-state index >= 15 is 0 Å². The number of rotatable bonds is 1. The van der Waals surface area contributed by atoms with Crippen LogP contribution in [0.5, 0.6) is 0 Å². The summed E-state index contributed by atoms with van der Waals surface area (Å²) >= 11 is 0. The fourth-order valence-corrected chi connectivity index (χ4v) is 0.920. The summed E-state index contributed by atoms with van der Waals surface area (Å²) in [5.41, 5.74) is 1.21. The molecule has 0 N–H and O–H groups in total. The molecule has 0 atom stereocenters. The lowest BCUT2D eigenvalue weighted by molar-refractivity contribution is 0.547. The van der Waals surface area contributed by atoms with Crippen LogP contribution in [0.25, 0.3) is 6.08 Å². The summed E-state index contributed by atoms with van der Waals surface area (Å²) in [7, 11) is 0. The highest BCUT2D eigenvalue weighted by Gasteiger charge is 2.02. The van der Waals surface area contributed by atoms with Crippen molar-refractivity contribution in [2.45, 2.75) is 20.8 Å². The van der Waals surface area contributed by atoms with Crippen LogP contribution in [-0.4, -0.2) is 0 Å². The van der Waals surface area contributed by atoms with E-state index in [2.05, 4.69) is 26.8 Å². The van der Waals surface area contributed by atoms with Crippen LogP contribution in [0.3, 0.4) is 0 Å². The van der Waals surface area contributed by atoms with Gasteiger partial charge < -0.3 is 0 Å². The summed E-state index contributed by atoms with van der Waals surface area (Å²) in [4.78, 5) is 0. The molecule has 0 aliphatic carbocycles. The Balaban J connectivity index is 2.75. The zero-order chi connectivity index (χ0) is 9.90. The van der Waals surface area contributed by atoms with E-state index < -0.39 is 0 Å². The van der Waals surface area contributed by atoms with Crippen LogP contribution in [0.15, 0.2) is 30.3 Å². The maximum absolute atomic E-state index is 12.5. The lowest BCUT2D eigenvalue weighted by atomic mass is 9.95. The smallest absolute Gasteiger partial charge is 0.123 e. The molecule has 0 spiro atoms. The average Bonchev–Trinajstić information content (AvgIpc) is 2.02. The zero-order valence-electron chi connectivity index (χ0n) is 8.34. The second-order valence-electron chi connectivity index (χ2n) is 4.25. The zero-order valence-corrected chi connectivity index (χ0v) is 8.34.